The average Bonchev–Trinajstić information content (AvgIpc) is 3.06. The van der Waals surface area contributed by atoms with Crippen LogP contribution in [0.1, 0.15) is 38.5 Å². The van der Waals surface area contributed by atoms with Crippen LogP contribution >= 0.6 is 0 Å². The van der Waals surface area contributed by atoms with Crippen LogP contribution in [0.5, 0.6) is 0 Å². The van der Waals surface area contributed by atoms with Gasteiger partial charge in [-0.1, -0.05) is 18.6 Å². The number of allylic oxidation sites excluding steroid dienone is 1. The molecule has 0 aromatic rings. The van der Waals surface area contributed by atoms with Gasteiger partial charge >= 0.3 is 5.97 Å². The van der Waals surface area contributed by atoms with Crippen molar-refractivity contribution in [2.24, 2.45) is 11.8 Å². The lowest BCUT2D eigenvalue weighted by atomic mass is 9.90. The highest BCUT2D eigenvalue weighted by atomic mass is 16.7. The number of ether oxygens (including phenoxy) is 3. The zero-order chi connectivity index (χ0) is 13.3. The molecule has 0 amide bonds. The van der Waals surface area contributed by atoms with Gasteiger partial charge in [0.2, 0.25) is 0 Å². The molecule has 0 aromatic heterocycles. The van der Waals surface area contributed by atoms with Gasteiger partial charge in [0.25, 0.3) is 0 Å². The van der Waals surface area contributed by atoms with Crippen molar-refractivity contribution in [1.29, 1.82) is 0 Å². The number of carbonyl (C=O) groups excluding carboxylic acids is 1. The van der Waals surface area contributed by atoms with Crippen molar-refractivity contribution in [2.45, 2.75) is 50.4 Å². The van der Waals surface area contributed by atoms with Crippen molar-refractivity contribution in [3.8, 4) is 0 Å². The van der Waals surface area contributed by atoms with Crippen LogP contribution in [-0.4, -0.2) is 31.6 Å². The van der Waals surface area contributed by atoms with Gasteiger partial charge in [0.05, 0.1) is 25.7 Å². The fourth-order valence-electron chi connectivity index (χ4n) is 3.58. The topological polar surface area (TPSA) is 44.8 Å². The maximum absolute atomic E-state index is 11.8. The molecular formula is C15H22O4. The first kappa shape index (κ1) is 13.1. The van der Waals surface area contributed by atoms with Crippen LogP contribution in [-0.2, 0) is 19.0 Å². The monoisotopic (exact) mass is 266 g/mol. The van der Waals surface area contributed by atoms with Crippen LogP contribution < -0.4 is 0 Å². The highest BCUT2D eigenvalue weighted by Crippen LogP contribution is 2.42. The Labute approximate surface area is 114 Å². The Morgan fingerprint density at radius 1 is 1.32 bits per heavy atom. The van der Waals surface area contributed by atoms with Crippen molar-refractivity contribution >= 4 is 5.97 Å². The quantitative estimate of drug-likeness (QED) is 0.569. The number of esters is 1. The summed E-state index contributed by atoms with van der Waals surface area (Å²) >= 11 is 0. The molecule has 4 heteroatoms. The predicted octanol–water partition coefficient (Wildman–Crippen LogP) is 2.43. The molecule has 1 saturated carbocycles. The molecule has 3 aliphatic rings. The third kappa shape index (κ3) is 2.43. The number of hydrogen-bond acceptors (Lipinski definition) is 4. The van der Waals surface area contributed by atoms with Gasteiger partial charge in [0.15, 0.2) is 5.79 Å². The van der Waals surface area contributed by atoms with Gasteiger partial charge in [0.1, 0.15) is 0 Å². The van der Waals surface area contributed by atoms with Crippen LogP contribution in [0.4, 0.5) is 0 Å². The number of carbonyl (C=O) groups is 1. The van der Waals surface area contributed by atoms with Crippen molar-refractivity contribution in [3.05, 3.63) is 12.2 Å². The molecule has 1 spiro atoms. The van der Waals surface area contributed by atoms with E-state index in [0.717, 1.165) is 19.3 Å². The van der Waals surface area contributed by atoms with Crippen LogP contribution in [0.15, 0.2) is 12.2 Å². The Kier molecular flexibility index (Phi) is 3.63. The summed E-state index contributed by atoms with van der Waals surface area (Å²) in [4.78, 5) is 11.8. The number of methoxy groups -OCH3 is 1. The molecule has 0 radical (unpaired) electrons. The van der Waals surface area contributed by atoms with Crippen molar-refractivity contribution < 1.29 is 19.0 Å². The molecule has 2 aliphatic carbocycles. The van der Waals surface area contributed by atoms with E-state index < -0.39 is 0 Å². The Morgan fingerprint density at radius 3 is 2.84 bits per heavy atom. The van der Waals surface area contributed by atoms with Gasteiger partial charge in [-0.15, -0.1) is 0 Å². The average molecular weight is 266 g/mol. The fourth-order valence-corrected chi connectivity index (χ4v) is 3.58. The van der Waals surface area contributed by atoms with E-state index in [1.165, 1.54) is 26.4 Å². The lowest BCUT2D eigenvalue weighted by Gasteiger charge is -2.32. The SMILES string of the molecule is COC(=O)[C@H]1CC=C[C@@H]1[C@H]1COC2(CCCCC2)O1. The minimum Gasteiger partial charge on any atom is -0.469 e. The van der Waals surface area contributed by atoms with E-state index in [-0.39, 0.29) is 29.7 Å². The molecular weight excluding hydrogens is 244 g/mol. The summed E-state index contributed by atoms with van der Waals surface area (Å²) in [6.45, 7) is 0.600. The third-order valence-electron chi connectivity index (χ3n) is 4.64. The highest BCUT2D eigenvalue weighted by molar-refractivity contribution is 5.74. The van der Waals surface area contributed by atoms with Crippen molar-refractivity contribution in [3.63, 3.8) is 0 Å². The summed E-state index contributed by atoms with van der Waals surface area (Å²) in [5.41, 5.74) is 0. The molecule has 3 rings (SSSR count). The summed E-state index contributed by atoms with van der Waals surface area (Å²) in [7, 11) is 1.45. The fraction of sp³-hybridized carbons (Fsp3) is 0.800. The van der Waals surface area contributed by atoms with Gasteiger partial charge < -0.3 is 14.2 Å². The van der Waals surface area contributed by atoms with E-state index in [0.29, 0.717) is 6.61 Å². The zero-order valence-corrected chi connectivity index (χ0v) is 11.5. The molecule has 0 N–H and O–H groups in total. The molecule has 1 heterocycles. The molecule has 1 aliphatic heterocycles. The second-order valence-electron chi connectivity index (χ2n) is 5.81. The lowest BCUT2D eigenvalue weighted by molar-refractivity contribution is -0.192. The lowest BCUT2D eigenvalue weighted by Crippen LogP contribution is -2.36. The van der Waals surface area contributed by atoms with E-state index >= 15 is 0 Å². The molecule has 0 aromatic carbocycles. The minimum absolute atomic E-state index is 0.000880. The molecule has 0 bridgehead atoms. The van der Waals surface area contributed by atoms with Gasteiger partial charge in [-0.2, -0.15) is 0 Å². The summed E-state index contributed by atoms with van der Waals surface area (Å²) < 4.78 is 17.1. The highest BCUT2D eigenvalue weighted by Gasteiger charge is 2.47. The van der Waals surface area contributed by atoms with Crippen LogP contribution in [0.2, 0.25) is 0 Å². The predicted molar refractivity (Wildman–Crippen MR) is 69.4 cm³/mol. The normalized spacial score (nSPS) is 36.8. The van der Waals surface area contributed by atoms with Crippen LogP contribution in [0.3, 0.4) is 0 Å². The van der Waals surface area contributed by atoms with Gasteiger partial charge in [-0.05, 0) is 19.3 Å². The number of hydrogen-bond donors (Lipinski definition) is 0. The third-order valence-corrected chi connectivity index (χ3v) is 4.64. The van der Waals surface area contributed by atoms with E-state index in [2.05, 4.69) is 12.2 Å². The molecule has 2 fully saturated rings. The van der Waals surface area contributed by atoms with Gasteiger partial charge in [0, 0.05) is 18.8 Å². The Morgan fingerprint density at radius 2 is 2.11 bits per heavy atom. The standard InChI is InChI=1S/C15H22O4/c1-17-14(16)12-7-5-6-11(12)13-10-18-15(19-13)8-3-2-4-9-15/h5-6,11-13H,2-4,7-10H2,1H3/t11-,12-,13+/m0/s1. The van der Waals surface area contributed by atoms with Crippen molar-refractivity contribution in [2.75, 3.05) is 13.7 Å². The second kappa shape index (κ2) is 5.25. The maximum atomic E-state index is 11.8. The molecule has 3 atom stereocenters. The van der Waals surface area contributed by atoms with Crippen LogP contribution in [0, 0.1) is 11.8 Å². The van der Waals surface area contributed by atoms with E-state index in [1.807, 2.05) is 0 Å². The van der Waals surface area contributed by atoms with Crippen LogP contribution in [0.25, 0.3) is 0 Å². The molecule has 0 unspecified atom stereocenters. The largest absolute Gasteiger partial charge is 0.469 e. The number of rotatable bonds is 2. The smallest absolute Gasteiger partial charge is 0.309 e. The molecule has 4 nitrogen and oxygen atoms in total. The summed E-state index contributed by atoms with van der Waals surface area (Å²) in [5.74, 6) is -0.491. The second-order valence-corrected chi connectivity index (χ2v) is 5.81. The summed E-state index contributed by atoms with van der Waals surface area (Å²) in [6, 6.07) is 0. The minimum atomic E-state index is -0.361. The van der Waals surface area contributed by atoms with E-state index in [1.54, 1.807) is 0 Å². The Hall–Kier alpha value is -0.870. The summed E-state index contributed by atoms with van der Waals surface area (Å²) in [5, 5.41) is 0. The van der Waals surface area contributed by atoms with Crippen molar-refractivity contribution in [1.82, 2.24) is 0 Å². The van der Waals surface area contributed by atoms with E-state index in [4.69, 9.17) is 14.2 Å². The van der Waals surface area contributed by atoms with E-state index in [9.17, 15) is 4.79 Å². The molecule has 1 saturated heterocycles. The first-order valence-corrected chi connectivity index (χ1v) is 7.30. The molecule has 106 valence electrons. The molecule has 19 heavy (non-hydrogen) atoms. The van der Waals surface area contributed by atoms with Gasteiger partial charge in [-0.3, -0.25) is 4.79 Å². The summed E-state index contributed by atoms with van der Waals surface area (Å²) in [6.07, 6.45) is 10.5. The Balaban J connectivity index is 1.66. The maximum Gasteiger partial charge on any atom is 0.309 e. The van der Waals surface area contributed by atoms with Gasteiger partial charge in [-0.25, -0.2) is 0 Å². The Bertz CT molecular complexity index is 370. The first-order chi connectivity index (χ1) is 9.24. The zero-order valence-electron chi connectivity index (χ0n) is 11.5. The first-order valence-electron chi connectivity index (χ1n) is 7.30.